The molecule has 0 unspecified atom stereocenters. The number of carbonyl (C=O) groups is 4. The number of hydroxylamine groups is 2. The van der Waals surface area contributed by atoms with Crippen molar-refractivity contribution >= 4 is 43.5 Å². The van der Waals surface area contributed by atoms with E-state index in [9.17, 15) is 19.2 Å². The molecule has 1 N–H and O–H groups in total. The lowest BCUT2D eigenvalue weighted by Crippen LogP contribution is -2.61. The highest BCUT2D eigenvalue weighted by Gasteiger charge is 2.48. The van der Waals surface area contributed by atoms with E-state index >= 15 is 0 Å². The van der Waals surface area contributed by atoms with Gasteiger partial charge in [0.15, 0.2) is 14.0 Å². The molecule has 2 heterocycles. The summed E-state index contributed by atoms with van der Waals surface area (Å²) in [5, 5.41) is 6.59. The molecule has 1 aromatic rings. The molecule has 1 aromatic heterocycles. The largest absolute Gasteiger partial charge is 0.461 e. The highest BCUT2D eigenvalue weighted by atomic mass is 32.1. The van der Waals surface area contributed by atoms with Crippen LogP contribution in [-0.4, -0.2) is 84.2 Å². The number of likely N-dealkylation sites (tertiary alicyclic amines) is 1. The lowest BCUT2D eigenvalue weighted by molar-refractivity contribution is -0.214. The summed E-state index contributed by atoms with van der Waals surface area (Å²) in [7, 11) is -2.43. The summed E-state index contributed by atoms with van der Waals surface area (Å²) in [5.74, 6) is -0.494. The Bertz CT molecular complexity index is 1460. The topological polar surface area (TPSA) is 137 Å². The third-order valence-electron chi connectivity index (χ3n) is 10.4. The van der Waals surface area contributed by atoms with Gasteiger partial charge in [-0.1, -0.05) is 54.9 Å². The van der Waals surface area contributed by atoms with Gasteiger partial charge in [0.1, 0.15) is 22.2 Å². The maximum atomic E-state index is 15.0. The van der Waals surface area contributed by atoms with E-state index in [0.717, 1.165) is 0 Å². The van der Waals surface area contributed by atoms with Crippen molar-refractivity contribution in [3.63, 3.8) is 0 Å². The second-order valence-electron chi connectivity index (χ2n) is 17.4. The minimum Gasteiger partial charge on any atom is -0.461 e. The maximum Gasteiger partial charge on any atom is 0.412 e. The van der Waals surface area contributed by atoms with Gasteiger partial charge >= 0.3 is 12.1 Å². The Morgan fingerprint density at radius 3 is 2.31 bits per heavy atom. The minimum atomic E-state index is -2.43. The summed E-state index contributed by atoms with van der Waals surface area (Å²) < 4.78 is 17.9. The first-order chi connectivity index (χ1) is 24.9. The van der Waals surface area contributed by atoms with Crippen molar-refractivity contribution in [3.05, 3.63) is 16.1 Å². The monoisotopic (exact) mass is 792 g/mol. The average Bonchev–Trinajstić information content (AvgIpc) is 3.69. The lowest BCUT2D eigenvalue weighted by Gasteiger charge is -2.42. The van der Waals surface area contributed by atoms with Gasteiger partial charge in [-0.25, -0.2) is 19.6 Å². The minimum absolute atomic E-state index is 0.146. The van der Waals surface area contributed by atoms with Gasteiger partial charge in [0.2, 0.25) is 5.91 Å². The molecule has 0 aliphatic carbocycles. The quantitative estimate of drug-likeness (QED) is 0.0388. The van der Waals surface area contributed by atoms with Gasteiger partial charge in [-0.15, -0.1) is 23.7 Å². The van der Waals surface area contributed by atoms with E-state index in [1.165, 1.54) is 16.4 Å². The standard InChI is InChI=1S/C40H68N4O8SSi/c1-16-19-20-24-50-44(35(46)32(28(6)17-2)33(45)42-40(13)22-21-23-43(40)37(48)51-38(7,8)9)30(27(4)5)25-31(52-54(14,15)39(10,11)12)34-41-29(26-53-34)36(47)49-18-3/h1,26-28,30-32H,17-25H2,2-15H3,(H,42,45)/t28-,30+,31+,32-,40+/m0/s1. The molecule has 1 aliphatic rings. The van der Waals surface area contributed by atoms with Crippen LogP contribution in [0.4, 0.5) is 4.79 Å². The summed E-state index contributed by atoms with van der Waals surface area (Å²) in [6.07, 6.45) is 7.42. The van der Waals surface area contributed by atoms with Crippen LogP contribution in [0.2, 0.25) is 18.1 Å². The van der Waals surface area contributed by atoms with E-state index in [1.807, 2.05) is 27.7 Å². The van der Waals surface area contributed by atoms with Crippen molar-refractivity contribution in [2.45, 2.75) is 163 Å². The number of thiazole rings is 1. The molecule has 0 spiro atoms. The van der Waals surface area contributed by atoms with Crippen molar-refractivity contribution in [3.8, 4) is 12.3 Å². The number of rotatable bonds is 18. The molecule has 1 saturated heterocycles. The molecular weight excluding hydrogens is 725 g/mol. The smallest absolute Gasteiger partial charge is 0.412 e. The number of hydrogen-bond donors (Lipinski definition) is 1. The summed E-state index contributed by atoms with van der Waals surface area (Å²) >= 11 is 1.32. The van der Waals surface area contributed by atoms with Crippen molar-refractivity contribution in [2.24, 2.45) is 17.8 Å². The van der Waals surface area contributed by atoms with Crippen LogP contribution in [0.15, 0.2) is 5.38 Å². The Labute approximate surface area is 329 Å². The number of nitrogens with zero attached hydrogens (tertiary/aromatic N) is 3. The van der Waals surface area contributed by atoms with Crippen molar-refractivity contribution in [1.82, 2.24) is 20.3 Å². The fraction of sp³-hybridized carbons (Fsp3) is 0.775. The van der Waals surface area contributed by atoms with Crippen LogP contribution >= 0.6 is 11.3 Å². The number of ether oxygens (including phenoxy) is 2. The summed E-state index contributed by atoms with van der Waals surface area (Å²) in [4.78, 5) is 67.9. The van der Waals surface area contributed by atoms with Gasteiger partial charge in [0, 0.05) is 24.8 Å². The van der Waals surface area contributed by atoms with E-state index in [1.54, 1.807) is 44.9 Å². The van der Waals surface area contributed by atoms with Crippen molar-refractivity contribution < 1.29 is 37.9 Å². The molecule has 0 saturated carbocycles. The molecule has 306 valence electrons. The summed E-state index contributed by atoms with van der Waals surface area (Å²) in [6, 6.07) is -0.562. The zero-order valence-corrected chi connectivity index (χ0v) is 37.2. The Morgan fingerprint density at radius 2 is 1.78 bits per heavy atom. The van der Waals surface area contributed by atoms with Crippen LogP contribution in [0.5, 0.6) is 0 Å². The zero-order chi connectivity index (χ0) is 41.2. The highest BCUT2D eigenvalue weighted by molar-refractivity contribution is 7.09. The molecule has 1 aliphatic heterocycles. The van der Waals surface area contributed by atoms with Gasteiger partial charge in [-0.2, -0.15) is 0 Å². The molecule has 2 rings (SSSR count). The number of esters is 1. The molecule has 1 fully saturated rings. The highest BCUT2D eigenvalue weighted by Crippen LogP contribution is 2.42. The molecule has 0 bridgehead atoms. The van der Waals surface area contributed by atoms with Crippen LogP contribution in [0.25, 0.3) is 0 Å². The lowest BCUT2D eigenvalue weighted by atomic mass is 9.88. The predicted octanol–water partition coefficient (Wildman–Crippen LogP) is 8.50. The van der Waals surface area contributed by atoms with Gasteiger partial charge < -0.3 is 19.2 Å². The molecule has 0 aromatic carbocycles. The Hall–Kier alpha value is -2.99. The van der Waals surface area contributed by atoms with E-state index in [4.69, 9.17) is 25.2 Å². The SMILES string of the molecule is C#CCCCON(C(=O)[C@H](C(=O)N[C@@]1(C)CCCN1C(=O)OC(C)(C)C)[C@@H](C)CC)[C@H](C[C@@H](O[Si](C)(C)C(C)(C)C)c1nc(C(=O)OCC)cs1)C(C)C. The number of hydrogen-bond acceptors (Lipinski definition) is 10. The van der Waals surface area contributed by atoms with Gasteiger partial charge in [-0.05, 0) is 83.8 Å². The third-order valence-corrected chi connectivity index (χ3v) is 15.8. The molecule has 0 radical (unpaired) electrons. The Kier molecular flexibility index (Phi) is 17.2. The van der Waals surface area contributed by atoms with Crippen molar-refractivity contribution in [1.29, 1.82) is 0 Å². The molecule has 5 atom stereocenters. The number of terminal acetylenes is 1. The normalized spacial score (nSPS) is 18.7. The molecule has 12 nitrogen and oxygen atoms in total. The third kappa shape index (κ3) is 12.8. The van der Waals surface area contributed by atoms with Gasteiger partial charge in [-0.3, -0.25) is 19.3 Å². The average molecular weight is 793 g/mol. The first-order valence-corrected chi connectivity index (χ1v) is 23.2. The maximum absolute atomic E-state index is 15.0. The second kappa shape index (κ2) is 19.7. The number of carbonyl (C=O) groups excluding carboxylic acids is 4. The first-order valence-electron chi connectivity index (χ1n) is 19.4. The van der Waals surface area contributed by atoms with Crippen LogP contribution in [0.3, 0.4) is 0 Å². The van der Waals surface area contributed by atoms with Crippen LogP contribution in [0, 0.1) is 30.1 Å². The van der Waals surface area contributed by atoms with Crippen LogP contribution < -0.4 is 5.32 Å². The van der Waals surface area contributed by atoms with Crippen LogP contribution in [0.1, 0.15) is 143 Å². The number of nitrogens with one attached hydrogen (secondary N) is 1. The van der Waals surface area contributed by atoms with E-state index in [2.05, 4.69) is 50.1 Å². The van der Waals surface area contributed by atoms with Gasteiger partial charge in [0.05, 0.1) is 25.4 Å². The zero-order valence-electron chi connectivity index (χ0n) is 35.4. The number of unbranched alkanes of at least 4 members (excludes halogenated alkanes) is 1. The van der Waals surface area contributed by atoms with Crippen molar-refractivity contribution in [2.75, 3.05) is 19.8 Å². The predicted molar refractivity (Wildman–Crippen MR) is 215 cm³/mol. The Balaban J connectivity index is 2.63. The number of amides is 3. The molecule has 14 heteroatoms. The fourth-order valence-electron chi connectivity index (χ4n) is 6.02. The fourth-order valence-corrected chi connectivity index (χ4v) is 8.20. The summed E-state index contributed by atoms with van der Waals surface area (Å²) in [6.45, 7) is 28.3. The summed E-state index contributed by atoms with van der Waals surface area (Å²) in [5.41, 5.74) is -1.56. The van der Waals surface area contributed by atoms with Crippen LogP contribution in [-0.2, 0) is 28.3 Å². The molecule has 54 heavy (non-hydrogen) atoms. The first kappa shape index (κ1) is 47.2. The van der Waals surface area contributed by atoms with Gasteiger partial charge in [0.25, 0.3) is 5.91 Å². The van der Waals surface area contributed by atoms with E-state index in [0.29, 0.717) is 50.1 Å². The molecular formula is C40H68N4O8SSi. The van der Waals surface area contributed by atoms with E-state index < -0.39 is 61.5 Å². The van der Waals surface area contributed by atoms with E-state index in [-0.39, 0.29) is 35.8 Å². The number of aromatic nitrogens is 1. The second-order valence-corrected chi connectivity index (χ2v) is 23.0. The molecule has 3 amide bonds. The Morgan fingerprint density at radius 1 is 1.13 bits per heavy atom.